The first-order chi connectivity index (χ1) is 7.56. The molecule has 1 fully saturated rings. The molecule has 88 valence electrons. The number of hydrogen-bond donors (Lipinski definition) is 1. The summed E-state index contributed by atoms with van der Waals surface area (Å²) in [5, 5.41) is 8.86. The summed E-state index contributed by atoms with van der Waals surface area (Å²) in [4.78, 5) is 10.8. The van der Waals surface area contributed by atoms with Crippen LogP contribution < -0.4 is 0 Å². The van der Waals surface area contributed by atoms with Crippen molar-refractivity contribution in [2.45, 2.75) is 38.5 Å². The number of carboxylic acids is 1. The maximum atomic E-state index is 10.8. The molecule has 4 nitrogen and oxygen atoms in total. The van der Waals surface area contributed by atoms with Crippen LogP contribution in [0.5, 0.6) is 0 Å². The number of nitrogens with zero attached hydrogens (tertiary/aromatic N) is 1. The van der Waals surface area contributed by atoms with Crippen molar-refractivity contribution in [3.63, 3.8) is 0 Å². The fourth-order valence-corrected chi connectivity index (χ4v) is 2.47. The zero-order chi connectivity index (χ0) is 11.7. The molecule has 16 heavy (non-hydrogen) atoms. The normalized spacial score (nSPS) is 24.9. The Morgan fingerprint density at radius 1 is 1.69 bits per heavy atom. The Morgan fingerprint density at radius 3 is 2.94 bits per heavy atom. The van der Waals surface area contributed by atoms with E-state index in [9.17, 15) is 4.79 Å². The molecule has 5 heteroatoms. The van der Waals surface area contributed by atoms with Crippen molar-refractivity contribution in [1.29, 1.82) is 0 Å². The average Bonchev–Trinajstić information content (AvgIpc) is 2.75. The van der Waals surface area contributed by atoms with Gasteiger partial charge in [0, 0.05) is 12.7 Å². The van der Waals surface area contributed by atoms with E-state index in [0.29, 0.717) is 18.2 Å². The van der Waals surface area contributed by atoms with Gasteiger partial charge in [-0.1, -0.05) is 0 Å². The Labute approximate surface area is 102 Å². The third kappa shape index (κ3) is 2.47. The summed E-state index contributed by atoms with van der Waals surface area (Å²) < 4.78 is 8.37. The second-order valence-electron chi connectivity index (χ2n) is 4.16. The highest BCUT2D eigenvalue weighted by molar-refractivity contribution is 9.10. The SMILES string of the molecule is CC1CCC(Cn2cc(C(=O)O)cc2Br)O1. The molecule has 2 unspecified atom stereocenters. The first-order valence-corrected chi connectivity index (χ1v) is 6.10. The molecule has 0 aromatic carbocycles. The van der Waals surface area contributed by atoms with E-state index in [4.69, 9.17) is 9.84 Å². The number of hydrogen-bond acceptors (Lipinski definition) is 2. The maximum absolute atomic E-state index is 10.8. The monoisotopic (exact) mass is 287 g/mol. The van der Waals surface area contributed by atoms with E-state index >= 15 is 0 Å². The van der Waals surface area contributed by atoms with Crippen LogP contribution in [0, 0.1) is 0 Å². The van der Waals surface area contributed by atoms with Gasteiger partial charge in [0.05, 0.1) is 22.4 Å². The molecule has 1 saturated heterocycles. The first-order valence-electron chi connectivity index (χ1n) is 5.30. The third-order valence-electron chi connectivity index (χ3n) is 2.81. The Kier molecular flexibility index (Phi) is 3.35. The van der Waals surface area contributed by atoms with Gasteiger partial charge in [-0.3, -0.25) is 0 Å². The van der Waals surface area contributed by atoms with Crippen LogP contribution in [-0.2, 0) is 11.3 Å². The molecule has 2 heterocycles. The summed E-state index contributed by atoms with van der Waals surface area (Å²) in [7, 11) is 0. The van der Waals surface area contributed by atoms with Crippen LogP contribution in [0.4, 0.5) is 0 Å². The lowest BCUT2D eigenvalue weighted by atomic mass is 10.2. The van der Waals surface area contributed by atoms with Gasteiger partial charge in [-0.15, -0.1) is 0 Å². The van der Waals surface area contributed by atoms with Gasteiger partial charge in [-0.2, -0.15) is 0 Å². The summed E-state index contributed by atoms with van der Waals surface area (Å²) >= 11 is 3.35. The Balaban J connectivity index is 2.06. The van der Waals surface area contributed by atoms with Crippen LogP contribution >= 0.6 is 15.9 Å². The second-order valence-corrected chi connectivity index (χ2v) is 4.97. The van der Waals surface area contributed by atoms with Gasteiger partial charge < -0.3 is 14.4 Å². The van der Waals surface area contributed by atoms with E-state index in [1.165, 1.54) is 0 Å². The van der Waals surface area contributed by atoms with Gasteiger partial charge in [-0.05, 0) is 41.8 Å². The fourth-order valence-electron chi connectivity index (χ4n) is 1.97. The standard InChI is InChI=1S/C11H14BrNO3/c1-7-2-3-9(16-7)6-13-5-8(11(14)15)4-10(13)12/h4-5,7,9H,2-3,6H2,1H3,(H,14,15). The molecule has 0 saturated carbocycles. The highest BCUT2D eigenvalue weighted by Crippen LogP contribution is 2.23. The largest absolute Gasteiger partial charge is 0.478 e. The first kappa shape index (κ1) is 11.7. The van der Waals surface area contributed by atoms with Crippen LogP contribution in [0.15, 0.2) is 16.9 Å². The van der Waals surface area contributed by atoms with Crippen LogP contribution in [0.2, 0.25) is 0 Å². The number of halogens is 1. The number of rotatable bonds is 3. The van der Waals surface area contributed by atoms with Crippen LogP contribution in [-0.4, -0.2) is 27.9 Å². The minimum absolute atomic E-state index is 0.195. The van der Waals surface area contributed by atoms with Crippen molar-refractivity contribution >= 4 is 21.9 Å². The summed E-state index contributed by atoms with van der Waals surface area (Å²) in [6.45, 7) is 2.77. The maximum Gasteiger partial charge on any atom is 0.337 e. The van der Waals surface area contributed by atoms with Crippen molar-refractivity contribution in [3.05, 3.63) is 22.4 Å². The van der Waals surface area contributed by atoms with Crippen molar-refractivity contribution < 1.29 is 14.6 Å². The molecule has 0 aliphatic carbocycles. The van der Waals surface area contributed by atoms with Gasteiger partial charge in [0.2, 0.25) is 0 Å². The highest BCUT2D eigenvalue weighted by Gasteiger charge is 2.23. The Bertz CT molecular complexity index is 402. The number of carbonyl (C=O) groups is 1. The molecule has 1 N–H and O–H groups in total. The molecule has 1 aliphatic heterocycles. The predicted octanol–water partition coefficient (Wildman–Crippen LogP) is 2.52. The van der Waals surface area contributed by atoms with Crippen molar-refractivity contribution in [3.8, 4) is 0 Å². The van der Waals surface area contributed by atoms with Gasteiger partial charge >= 0.3 is 5.97 Å². The minimum Gasteiger partial charge on any atom is -0.478 e. The summed E-state index contributed by atoms with van der Waals surface area (Å²) in [6.07, 6.45) is 4.26. The van der Waals surface area contributed by atoms with E-state index in [0.717, 1.165) is 17.4 Å². The van der Waals surface area contributed by atoms with Gasteiger partial charge in [-0.25, -0.2) is 4.79 Å². The third-order valence-corrected chi connectivity index (χ3v) is 3.50. The molecule has 0 spiro atoms. The molecule has 1 aliphatic rings. The lowest BCUT2D eigenvalue weighted by Crippen LogP contribution is -2.16. The van der Waals surface area contributed by atoms with Gasteiger partial charge in [0.25, 0.3) is 0 Å². The van der Waals surface area contributed by atoms with Crippen LogP contribution in [0.25, 0.3) is 0 Å². The lowest BCUT2D eigenvalue weighted by Gasteiger charge is -2.12. The smallest absolute Gasteiger partial charge is 0.337 e. The van der Waals surface area contributed by atoms with E-state index in [1.807, 2.05) is 4.57 Å². The Morgan fingerprint density at radius 2 is 2.44 bits per heavy atom. The summed E-state index contributed by atoms with van der Waals surface area (Å²) in [5.74, 6) is -0.903. The van der Waals surface area contributed by atoms with Gasteiger partial charge in [0.15, 0.2) is 0 Å². The van der Waals surface area contributed by atoms with Crippen molar-refractivity contribution in [2.75, 3.05) is 0 Å². The highest BCUT2D eigenvalue weighted by atomic mass is 79.9. The van der Waals surface area contributed by atoms with Crippen LogP contribution in [0.1, 0.15) is 30.1 Å². The molecule has 0 radical (unpaired) electrons. The predicted molar refractivity (Wildman–Crippen MR) is 62.7 cm³/mol. The number of aromatic nitrogens is 1. The molecular weight excluding hydrogens is 274 g/mol. The number of carboxylic acid groups (broad SMARTS) is 1. The zero-order valence-corrected chi connectivity index (χ0v) is 10.6. The topological polar surface area (TPSA) is 51.5 Å². The zero-order valence-electron chi connectivity index (χ0n) is 9.02. The van der Waals surface area contributed by atoms with Crippen molar-refractivity contribution in [2.24, 2.45) is 0 Å². The van der Waals surface area contributed by atoms with E-state index in [1.54, 1.807) is 12.3 Å². The number of aromatic carboxylic acids is 1. The second kappa shape index (κ2) is 4.59. The van der Waals surface area contributed by atoms with E-state index < -0.39 is 5.97 Å². The molecular formula is C11H14BrNO3. The lowest BCUT2D eigenvalue weighted by molar-refractivity contribution is 0.0454. The van der Waals surface area contributed by atoms with E-state index in [-0.39, 0.29) is 6.10 Å². The molecule has 2 atom stereocenters. The molecule has 0 amide bonds. The van der Waals surface area contributed by atoms with Crippen LogP contribution in [0.3, 0.4) is 0 Å². The molecule has 1 aromatic heterocycles. The van der Waals surface area contributed by atoms with E-state index in [2.05, 4.69) is 22.9 Å². The minimum atomic E-state index is -0.903. The molecule has 1 aromatic rings. The van der Waals surface area contributed by atoms with Crippen molar-refractivity contribution in [1.82, 2.24) is 4.57 Å². The fraction of sp³-hybridized carbons (Fsp3) is 0.545. The Hall–Kier alpha value is -0.810. The summed E-state index contributed by atoms with van der Waals surface area (Å²) in [5.41, 5.74) is 0.304. The quantitative estimate of drug-likeness (QED) is 0.929. The average molecular weight is 288 g/mol. The molecule has 2 rings (SSSR count). The molecule has 0 bridgehead atoms. The number of ether oxygens (including phenoxy) is 1. The van der Waals surface area contributed by atoms with Gasteiger partial charge in [0.1, 0.15) is 0 Å². The summed E-state index contributed by atoms with van der Waals surface area (Å²) in [6, 6.07) is 1.61.